The van der Waals surface area contributed by atoms with Crippen molar-refractivity contribution < 1.29 is 9.90 Å². The summed E-state index contributed by atoms with van der Waals surface area (Å²) in [6, 6.07) is 3.45. The Morgan fingerprint density at radius 1 is 1.35 bits per heavy atom. The maximum atomic E-state index is 11.8. The molecule has 0 unspecified atom stereocenters. The molecule has 3 nitrogen and oxygen atoms in total. The smallest absolute Gasteiger partial charge is 0.164 e. The Kier molecular flexibility index (Phi) is 3.94. The van der Waals surface area contributed by atoms with E-state index in [4.69, 9.17) is 5.73 Å². The number of carbonyl (C=O) groups excluding carboxylic acids is 1. The lowest BCUT2D eigenvalue weighted by Gasteiger charge is -2.22. The number of nitrogens with two attached hydrogens (primary N) is 1. The minimum Gasteiger partial charge on any atom is -0.508 e. The number of ketones is 1. The van der Waals surface area contributed by atoms with Gasteiger partial charge in [0.2, 0.25) is 0 Å². The second-order valence-electron chi connectivity index (χ2n) is 5.40. The summed E-state index contributed by atoms with van der Waals surface area (Å²) in [4.78, 5) is 11.8. The fourth-order valence-corrected chi connectivity index (χ4v) is 1.86. The highest BCUT2D eigenvalue weighted by molar-refractivity contribution is 5.98. The van der Waals surface area contributed by atoms with Gasteiger partial charge in [0.25, 0.3) is 0 Å². The summed E-state index contributed by atoms with van der Waals surface area (Å²) in [7, 11) is 0. The van der Waals surface area contributed by atoms with Crippen LogP contribution in [0.1, 0.15) is 48.7 Å². The van der Waals surface area contributed by atoms with Crippen LogP contribution in [0.5, 0.6) is 5.75 Å². The van der Waals surface area contributed by atoms with Gasteiger partial charge in [-0.1, -0.05) is 26.8 Å². The van der Waals surface area contributed by atoms with Crippen LogP contribution in [0.4, 0.5) is 0 Å². The average Bonchev–Trinajstić information content (AvgIpc) is 2.19. The van der Waals surface area contributed by atoms with Gasteiger partial charge >= 0.3 is 0 Å². The van der Waals surface area contributed by atoms with Crippen molar-refractivity contribution in [1.29, 1.82) is 0 Å². The van der Waals surface area contributed by atoms with Crippen LogP contribution < -0.4 is 5.73 Å². The van der Waals surface area contributed by atoms with Gasteiger partial charge in [-0.15, -0.1) is 0 Å². The first-order valence-electron chi connectivity index (χ1n) is 5.84. The van der Waals surface area contributed by atoms with Gasteiger partial charge in [0.1, 0.15) is 5.75 Å². The molecule has 0 aromatic heterocycles. The fraction of sp³-hybridized carbons (Fsp3) is 0.500. The van der Waals surface area contributed by atoms with Gasteiger partial charge in [-0.3, -0.25) is 4.79 Å². The lowest BCUT2D eigenvalue weighted by molar-refractivity contribution is 0.0984. The molecular weight excluding hydrogens is 214 g/mol. The quantitative estimate of drug-likeness (QED) is 0.791. The molecule has 0 radical (unpaired) electrons. The van der Waals surface area contributed by atoms with Gasteiger partial charge in [-0.25, -0.2) is 0 Å². The number of phenolic OH excluding ortho intramolecular Hbond substituents is 1. The van der Waals surface area contributed by atoms with Crippen LogP contribution in [-0.4, -0.2) is 17.4 Å². The van der Waals surface area contributed by atoms with Crippen molar-refractivity contribution in [3.8, 4) is 5.75 Å². The monoisotopic (exact) mass is 235 g/mol. The second-order valence-corrected chi connectivity index (χ2v) is 5.40. The Labute approximate surface area is 103 Å². The number of phenols is 1. The second kappa shape index (κ2) is 4.88. The summed E-state index contributed by atoms with van der Waals surface area (Å²) in [5.41, 5.74) is 7.56. The third-order valence-electron chi connectivity index (χ3n) is 2.82. The van der Waals surface area contributed by atoms with E-state index in [9.17, 15) is 9.90 Å². The molecule has 0 aliphatic rings. The van der Waals surface area contributed by atoms with Gasteiger partial charge < -0.3 is 10.8 Å². The van der Waals surface area contributed by atoms with Crippen molar-refractivity contribution in [2.24, 2.45) is 5.73 Å². The highest BCUT2D eigenvalue weighted by atomic mass is 16.3. The van der Waals surface area contributed by atoms with Gasteiger partial charge in [0.05, 0.1) is 0 Å². The van der Waals surface area contributed by atoms with E-state index in [1.807, 2.05) is 33.8 Å². The maximum absolute atomic E-state index is 11.8. The first kappa shape index (κ1) is 13.7. The number of aryl methyl sites for hydroxylation is 1. The zero-order chi connectivity index (χ0) is 13.2. The zero-order valence-corrected chi connectivity index (χ0v) is 11.0. The third kappa shape index (κ3) is 3.07. The van der Waals surface area contributed by atoms with E-state index >= 15 is 0 Å². The molecule has 1 aromatic rings. The molecule has 0 fully saturated rings. The zero-order valence-electron chi connectivity index (χ0n) is 11.0. The van der Waals surface area contributed by atoms with Crippen LogP contribution in [0.3, 0.4) is 0 Å². The average molecular weight is 235 g/mol. The Hall–Kier alpha value is -1.35. The number of Topliss-reactive ketones (excluding diaryl/α,β-unsaturated/α-hetero) is 1. The number of hydrogen-bond acceptors (Lipinski definition) is 3. The van der Waals surface area contributed by atoms with Gasteiger partial charge in [0.15, 0.2) is 5.78 Å². The van der Waals surface area contributed by atoms with Crippen LogP contribution in [0.15, 0.2) is 12.1 Å². The summed E-state index contributed by atoms with van der Waals surface area (Å²) < 4.78 is 0. The maximum Gasteiger partial charge on any atom is 0.164 e. The van der Waals surface area contributed by atoms with Crippen molar-refractivity contribution in [2.45, 2.75) is 39.5 Å². The summed E-state index contributed by atoms with van der Waals surface area (Å²) in [5, 5.41) is 9.99. The van der Waals surface area contributed by atoms with Gasteiger partial charge in [-0.05, 0) is 36.1 Å². The SMILES string of the molecule is Cc1cc(C(C)(C)C)c(O)cc1C(=O)CCN. The van der Waals surface area contributed by atoms with Crippen LogP contribution in [-0.2, 0) is 5.41 Å². The fourth-order valence-electron chi connectivity index (χ4n) is 1.86. The molecule has 0 bridgehead atoms. The van der Waals surface area contributed by atoms with Crippen LogP contribution >= 0.6 is 0 Å². The standard InChI is InChI=1S/C14H21NO2/c1-9-7-11(14(2,3)4)13(17)8-10(9)12(16)5-6-15/h7-8,17H,5-6,15H2,1-4H3. The van der Waals surface area contributed by atoms with Crippen LogP contribution in [0, 0.1) is 6.92 Å². The Morgan fingerprint density at radius 2 is 1.94 bits per heavy atom. The molecule has 0 saturated heterocycles. The molecule has 1 rings (SSSR count). The molecule has 94 valence electrons. The number of hydrogen-bond donors (Lipinski definition) is 2. The van der Waals surface area contributed by atoms with Crippen molar-refractivity contribution in [3.05, 3.63) is 28.8 Å². The molecule has 0 heterocycles. The van der Waals surface area contributed by atoms with Crippen molar-refractivity contribution in [3.63, 3.8) is 0 Å². The highest BCUT2D eigenvalue weighted by Crippen LogP contribution is 2.33. The molecule has 1 aromatic carbocycles. The third-order valence-corrected chi connectivity index (χ3v) is 2.82. The molecule has 3 N–H and O–H groups in total. The molecule has 0 aliphatic heterocycles. The number of benzene rings is 1. The van der Waals surface area contributed by atoms with E-state index in [1.165, 1.54) is 0 Å². The molecular formula is C14H21NO2. The van der Waals surface area contributed by atoms with E-state index in [2.05, 4.69) is 0 Å². The first-order chi connectivity index (χ1) is 7.77. The largest absolute Gasteiger partial charge is 0.508 e. The Bertz CT molecular complexity index is 431. The minimum absolute atomic E-state index is 0.0132. The summed E-state index contributed by atoms with van der Waals surface area (Å²) in [6.45, 7) is 8.31. The van der Waals surface area contributed by atoms with Gasteiger partial charge in [0, 0.05) is 12.0 Å². The predicted molar refractivity (Wildman–Crippen MR) is 69.5 cm³/mol. The van der Waals surface area contributed by atoms with E-state index in [0.29, 0.717) is 18.5 Å². The molecule has 0 aliphatic carbocycles. The first-order valence-corrected chi connectivity index (χ1v) is 5.84. The van der Waals surface area contributed by atoms with Crippen molar-refractivity contribution in [1.82, 2.24) is 0 Å². The normalized spacial score (nSPS) is 11.6. The summed E-state index contributed by atoms with van der Waals surface area (Å²) in [6.07, 6.45) is 0.315. The van der Waals surface area contributed by atoms with Crippen molar-refractivity contribution >= 4 is 5.78 Å². The topological polar surface area (TPSA) is 63.3 Å². The van der Waals surface area contributed by atoms with Gasteiger partial charge in [-0.2, -0.15) is 0 Å². The predicted octanol–water partition coefficient (Wildman–Crippen LogP) is 2.53. The molecule has 17 heavy (non-hydrogen) atoms. The molecule has 0 saturated carbocycles. The molecule has 0 atom stereocenters. The number of rotatable bonds is 3. The summed E-state index contributed by atoms with van der Waals surface area (Å²) in [5.74, 6) is 0.171. The van der Waals surface area contributed by atoms with E-state index in [-0.39, 0.29) is 16.9 Å². The minimum atomic E-state index is -0.135. The van der Waals surface area contributed by atoms with Crippen molar-refractivity contribution in [2.75, 3.05) is 6.54 Å². The highest BCUT2D eigenvalue weighted by Gasteiger charge is 2.20. The Balaban J connectivity index is 3.23. The number of aromatic hydroxyl groups is 1. The summed E-state index contributed by atoms with van der Waals surface area (Å²) >= 11 is 0. The van der Waals surface area contributed by atoms with E-state index in [0.717, 1.165) is 11.1 Å². The molecule has 3 heteroatoms. The van der Waals surface area contributed by atoms with E-state index < -0.39 is 0 Å². The van der Waals surface area contributed by atoms with E-state index in [1.54, 1.807) is 6.07 Å². The number of carbonyl (C=O) groups is 1. The van der Waals surface area contributed by atoms with Crippen LogP contribution in [0.25, 0.3) is 0 Å². The Morgan fingerprint density at radius 3 is 2.41 bits per heavy atom. The molecule has 0 spiro atoms. The lowest BCUT2D eigenvalue weighted by atomic mass is 9.84. The lowest BCUT2D eigenvalue weighted by Crippen LogP contribution is -2.14. The molecule has 0 amide bonds. The van der Waals surface area contributed by atoms with Crippen LogP contribution in [0.2, 0.25) is 0 Å².